The van der Waals surface area contributed by atoms with E-state index in [2.05, 4.69) is 60.4 Å². The van der Waals surface area contributed by atoms with Gasteiger partial charge in [-0.05, 0) is 42.0 Å². The van der Waals surface area contributed by atoms with Crippen molar-refractivity contribution in [3.05, 3.63) is 59.7 Å². The first kappa shape index (κ1) is 16.6. The van der Waals surface area contributed by atoms with Crippen molar-refractivity contribution in [2.45, 2.75) is 26.7 Å². The Hall–Kier alpha value is -2.29. The molecule has 3 nitrogen and oxygen atoms in total. The average molecular weight is 322 g/mol. The summed E-state index contributed by atoms with van der Waals surface area (Å²) in [6, 6.07) is 17.4. The van der Waals surface area contributed by atoms with Crippen LogP contribution < -0.4 is 4.90 Å². The lowest BCUT2D eigenvalue weighted by molar-refractivity contribution is -0.128. The summed E-state index contributed by atoms with van der Waals surface area (Å²) in [4.78, 5) is 15.8. The molecule has 1 atom stereocenters. The molecule has 3 heteroatoms. The second kappa shape index (κ2) is 7.08. The molecule has 1 aliphatic heterocycles. The number of para-hydroxylation sites is 2. The number of anilines is 2. The predicted octanol–water partition coefficient (Wildman–Crippen LogP) is 4.04. The molecule has 24 heavy (non-hydrogen) atoms. The van der Waals surface area contributed by atoms with Crippen molar-refractivity contribution < 1.29 is 4.79 Å². The van der Waals surface area contributed by atoms with Gasteiger partial charge in [-0.15, -0.1) is 0 Å². The smallest absolute Gasteiger partial charge is 0.219 e. The average Bonchev–Trinajstić information content (AvgIpc) is 2.73. The highest BCUT2D eigenvalue weighted by Crippen LogP contribution is 2.36. The third-order valence-corrected chi connectivity index (χ3v) is 4.85. The van der Waals surface area contributed by atoms with Crippen LogP contribution in [0.2, 0.25) is 0 Å². The SMILES string of the molecule is CC(=O)N(C)CC(C)CN1c2ccccc2CCc2ccccc21. The van der Waals surface area contributed by atoms with Crippen LogP contribution in [0.5, 0.6) is 0 Å². The Morgan fingerprint density at radius 3 is 2.04 bits per heavy atom. The van der Waals surface area contributed by atoms with Crippen LogP contribution in [0.3, 0.4) is 0 Å². The molecule has 0 aromatic heterocycles. The molecular formula is C21H26N2O. The van der Waals surface area contributed by atoms with Crippen LogP contribution in [0, 0.1) is 5.92 Å². The summed E-state index contributed by atoms with van der Waals surface area (Å²) in [5.41, 5.74) is 5.42. The number of rotatable bonds is 4. The van der Waals surface area contributed by atoms with Crippen LogP contribution in [-0.4, -0.2) is 30.9 Å². The van der Waals surface area contributed by atoms with Crippen LogP contribution in [0.25, 0.3) is 0 Å². The zero-order valence-corrected chi connectivity index (χ0v) is 14.8. The number of carbonyl (C=O) groups is 1. The van der Waals surface area contributed by atoms with Crippen LogP contribution in [0.1, 0.15) is 25.0 Å². The minimum atomic E-state index is 0.124. The Bertz CT molecular complexity index is 678. The summed E-state index contributed by atoms with van der Waals surface area (Å²) >= 11 is 0. The highest BCUT2D eigenvalue weighted by atomic mass is 16.2. The van der Waals surface area contributed by atoms with Crippen LogP contribution in [0.15, 0.2) is 48.5 Å². The quantitative estimate of drug-likeness (QED) is 0.848. The molecule has 1 unspecified atom stereocenters. The van der Waals surface area contributed by atoms with E-state index in [0.29, 0.717) is 5.92 Å². The number of benzene rings is 2. The normalized spacial score (nSPS) is 14.4. The lowest BCUT2D eigenvalue weighted by Crippen LogP contribution is -2.34. The molecule has 0 saturated heterocycles. The van der Waals surface area contributed by atoms with Crippen molar-refractivity contribution in [2.24, 2.45) is 5.92 Å². The molecule has 1 amide bonds. The molecule has 126 valence electrons. The van der Waals surface area contributed by atoms with Gasteiger partial charge in [0.25, 0.3) is 0 Å². The fourth-order valence-corrected chi connectivity index (χ4v) is 3.53. The molecule has 2 aromatic rings. The molecule has 0 bridgehead atoms. The maximum absolute atomic E-state index is 11.5. The van der Waals surface area contributed by atoms with Gasteiger partial charge in [0.05, 0.1) is 0 Å². The molecule has 0 spiro atoms. The van der Waals surface area contributed by atoms with E-state index >= 15 is 0 Å². The lowest BCUT2D eigenvalue weighted by atomic mass is 10.0. The van der Waals surface area contributed by atoms with Gasteiger partial charge < -0.3 is 9.80 Å². The third-order valence-electron chi connectivity index (χ3n) is 4.85. The largest absolute Gasteiger partial charge is 0.346 e. The summed E-state index contributed by atoms with van der Waals surface area (Å²) in [7, 11) is 1.88. The Labute approximate surface area is 144 Å². The van der Waals surface area contributed by atoms with Gasteiger partial charge in [-0.3, -0.25) is 4.79 Å². The second-order valence-electron chi connectivity index (χ2n) is 6.87. The molecule has 0 saturated carbocycles. The first-order chi connectivity index (χ1) is 11.6. The van der Waals surface area contributed by atoms with E-state index in [-0.39, 0.29) is 5.91 Å². The standard InChI is InChI=1S/C21H26N2O/c1-16(14-22(3)17(2)24)15-23-20-10-6-4-8-18(20)12-13-19-9-5-7-11-21(19)23/h4-11,16H,12-15H2,1-3H3. The van der Waals surface area contributed by atoms with E-state index in [4.69, 9.17) is 0 Å². The molecule has 1 aliphatic rings. The Kier molecular flexibility index (Phi) is 4.89. The van der Waals surface area contributed by atoms with Gasteiger partial charge in [0.2, 0.25) is 5.91 Å². The summed E-state index contributed by atoms with van der Waals surface area (Å²) in [6.07, 6.45) is 2.15. The van der Waals surface area contributed by atoms with Crippen molar-refractivity contribution in [1.82, 2.24) is 4.90 Å². The zero-order chi connectivity index (χ0) is 17.1. The molecule has 3 rings (SSSR count). The second-order valence-corrected chi connectivity index (χ2v) is 6.87. The first-order valence-electron chi connectivity index (χ1n) is 8.71. The number of fused-ring (bicyclic) bond motifs is 2. The van der Waals surface area contributed by atoms with Gasteiger partial charge in [-0.2, -0.15) is 0 Å². The van der Waals surface area contributed by atoms with Crippen molar-refractivity contribution in [2.75, 3.05) is 25.0 Å². The van der Waals surface area contributed by atoms with E-state index in [9.17, 15) is 4.79 Å². The highest BCUT2D eigenvalue weighted by Gasteiger charge is 2.22. The maximum Gasteiger partial charge on any atom is 0.219 e. The monoisotopic (exact) mass is 322 g/mol. The molecule has 2 aromatic carbocycles. The topological polar surface area (TPSA) is 23.6 Å². The van der Waals surface area contributed by atoms with Crippen molar-refractivity contribution in [1.29, 1.82) is 0 Å². The minimum Gasteiger partial charge on any atom is -0.346 e. The van der Waals surface area contributed by atoms with Gasteiger partial charge in [0.15, 0.2) is 0 Å². The number of nitrogens with zero attached hydrogens (tertiary/aromatic N) is 2. The van der Waals surface area contributed by atoms with Gasteiger partial charge in [0.1, 0.15) is 0 Å². The Morgan fingerprint density at radius 2 is 1.54 bits per heavy atom. The van der Waals surface area contributed by atoms with E-state index in [1.165, 1.54) is 22.5 Å². The van der Waals surface area contributed by atoms with Crippen LogP contribution in [0.4, 0.5) is 11.4 Å². The number of amides is 1. The third kappa shape index (κ3) is 3.45. The van der Waals surface area contributed by atoms with Crippen LogP contribution >= 0.6 is 0 Å². The molecular weight excluding hydrogens is 296 g/mol. The number of carbonyl (C=O) groups excluding carboxylic acids is 1. The summed E-state index contributed by atoms with van der Waals surface area (Å²) in [6.45, 7) is 5.53. The molecule has 1 heterocycles. The number of aryl methyl sites for hydroxylation is 2. The lowest BCUT2D eigenvalue weighted by Gasteiger charge is -2.31. The summed E-state index contributed by atoms with van der Waals surface area (Å²) in [5.74, 6) is 0.511. The molecule has 0 radical (unpaired) electrons. The minimum absolute atomic E-state index is 0.124. The molecule has 0 aliphatic carbocycles. The van der Waals surface area contributed by atoms with E-state index in [1.807, 2.05) is 7.05 Å². The molecule has 0 fully saturated rings. The van der Waals surface area contributed by atoms with Gasteiger partial charge >= 0.3 is 0 Å². The first-order valence-corrected chi connectivity index (χ1v) is 8.71. The van der Waals surface area contributed by atoms with E-state index in [1.54, 1.807) is 11.8 Å². The Morgan fingerprint density at radius 1 is 1.04 bits per heavy atom. The molecule has 0 N–H and O–H groups in total. The fraction of sp³-hybridized carbons (Fsp3) is 0.381. The predicted molar refractivity (Wildman–Crippen MR) is 99.8 cm³/mol. The fourth-order valence-electron chi connectivity index (χ4n) is 3.53. The summed E-state index contributed by atoms with van der Waals surface area (Å²) < 4.78 is 0. The summed E-state index contributed by atoms with van der Waals surface area (Å²) in [5, 5.41) is 0. The van der Waals surface area contributed by atoms with Gasteiger partial charge in [-0.25, -0.2) is 0 Å². The highest BCUT2D eigenvalue weighted by molar-refractivity contribution is 5.73. The maximum atomic E-state index is 11.5. The van der Waals surface area contributed by atoms with E-state index in [0.717, 1.165) is 25.9 Å². The van der Waals surface area contributed by atoms with Gasteiger partial charge in [-0.1, -0.05) is 43.3 Å². The van der Waals surface area contributed by atoms with Crippen LogP contribution in [-0.2, 0) is 17.6 Å². The van der Waals surface area contributed by atoms with Crippen molar-refractivity contribution in [3.8, 4) is 0 Å². The Balaban J connectivity index is 1.92. The number of hydrogen-bond acceptors (Lipinski definition) is 2. The van der Waals surface area contributed by atoms with Gasteiger partial charge in [0, 0.05) is 38.4 Å². The van der Waals surface area contributed by atoms with Crippen molar-refractivity contribution in [3.63, 3.8) is 0 Å². The van der Waals surface area contributed by atoms with E-state index < -0.39 is 0 Å². The van der Waals surface area contributed by atoms with Crippen molar-refractivity contribution >= 4 is 17.3 Å². The zero-order valence-electron chi connectivity index (χ0n) is 14.8. The number of hydrogen-bond donors (Lipinski definition) is 0.